The minimum atomic E-state index is -0.0535. The number of carbonyl (C=O) groups excluding carboxylic acids is 1. The number of nitrogens with zero attached hydrogens (tertiary/aromatic N) is 3. The fourth-order valence-corrected chi connectivity index (χ4v) is 3.40. The molecule has 1 aliphatic rings. The standard InChI is InChI=1S/C22H23N3O5/c1-4-7-25-18-11-15(5-6-19(18)29-13-21(25)26)22-23-20(30-24-22)10-14-8-16(27-2)12-17(9-14)28-3/h5-6,8-9,11-12H,4,7,10,13H2,1-3H3. The van der Waals surface area contributed by atoms with Gasteiger partial charge in [-0.05, 0) is 42.3 Å². The van der Waals surface area contributed by atoms with Crippen molar-refractivity contribution in [2.45, 2.75) is 19.8 Å². The number of benzene rings is 2. The van der Waals surface area contributed by atoms with Crippen molar-refractivity contribution < 1.29 is 23.5 Å². The first-order chi connectivity index (χ1) is 14.6. The number of hydrogen-bond donors (Lipinski definition) is 0. The summed E-state index contributed by atoms with van der Waals surface area (Å²) in [6.07, 6.45) is 1.29. The van der Waals surface area contributed by atoms with Gasteiger partial charge in [0.2, 0.25) is 11.7 Å². The van der Waals surface area contributed by atoms with Crippen molar-refractivity contribution in [1.82, 2.24) is 10.1 Å². The van der Waals surface area contributed by atoms with E-state index in [4.69, 9.17) is 18.7 Å². The van der Waals surface area contributed by atoms with E-state index in [1.54, 1.807) is 25.2 Å². The van der Waals surface area contributed by atoms with Crippen LogP contribution >= 0.6 is 0 Å². The number of methoxy groups -OCH3 is 2. The van der Waals surface area contributed by atoms with Crippen LogP contribution in [0.25, 0.3) is 11.4 Å². The SMILES string of the molecule is CCCN1C(=O)COc2ccc(-c3noc(Cc4cc(OC)cc(OC)c4)n3)cc21. The average molecular weight is 409 g/mol. The highest BCUT2D eigenvalue weighted by Gasteiger charge is 2.25. The number of amides is 1. The molecule has 1 amide bonds. The second kappa shape index (κ2) is 8.44. The number of anilines is 1. The zero-order chi connectivity index (χ0) is 21.1. The molecule has 0 spiro atoms. The van der Waals surface area contributed by atoms with Crippen LogP contribution < -0.4 is 19.1 Å². The summed E-state index contributed by atoms with van der Waals surface area (Å²) in [6.45, 7) is 2.72. The van der Waals surface area contributed by atoms with Crippen LogP contribution in [-0.2, 0) is 11.2 Å². The van der Waals surface area contributed by atoms with Crippen molar-refractivity contribution in [1.29, 1.82) is 0 Å². The molecule has 0 saturated heterocycles. The summed E-state index contributed by atoms with van der Waals surface area (Å²) in [5, 5.41) is 4.11. The van der Waals surface area contributed by atoms with E-state index in [9.17, 15) is 4.79 Å². The van der Waals surface area contributed by atoms with Gasteiger partial charge in [0.25, 0.3) is 5.91 Å². The second-order valence-corrected chi connectivity index (χ2v) is 6.93. The molecule has 3 aromatic rings. The maximum Gasteiger partial charge on any atom is 0.265 e. The Kier molecular flexibility index (Phi) is 5.56. The molecule has 8 heteroatoms. The van der Waals surface area contributed by atoms with Gasteiger partial charge in [0.05, 0.1) is 26.3 Å². The van der Waals surface area contributed by atoms with Crippen molar-refractivity contribution in [3.63, 3.8) is 0 Å². The van der Waals surface area contributed by atoms with Gasteiger partial charge in [0.1, 0.15) is 17.2 Å². The third kappa shape index (κ3) is 3.94. The topological polar surface area (TPSA) is 86.9 Å². The molecule has 0 fully saturated rings. The Bertz CT molecular complexity index is 1040. The fourth-order valence-electron chi connectivity index (χ4n) is 3.40. The molecule has 0 bridgehead atoms. The van der Waals surface area contributed by atoms with E-state index in [0.29, 0.717) is 41.9 Å². The molecule has 1 aromatic heterocycles. The van der Waals surface area contributed by atoms with Gasteiger partial charge in [0.15, 0.2) is 6.61 Å². The summed E-state index contributed by atoms with van der Waals surface area (Å²) in [5.74, 6) is 2.94. The zero-order valence-electron chi connectivity index (χ0n) is 17.2. The lowest BCUT2D eigenvalue weighted by Gasteiger charge is -2.29. The van der Waals surface area contributed by atoms with E-state index >= 15 is 0 Å². The Morgan fingerprint density at radius 3 is 2.57 bits per heavy atom. The lowest BCUT2D eigenvalue weighted by molar-refractivity contribution is -0.121. The van der Waals surface area contributed by atoms with E-state index in [-0.39, 0.29) is 12.5 Å². The fraction of sp³-hybridized carbons (Fsp3) is 0.318. The van der Waals surface area contributed by atoms with Crippen molar-refractivity contribution in [3.05, 3.63) is 47.9 Å². The highest BCUT2D eigenvalue weighted by atomic mass is 16.5. The van der Waals surface area contributed by atoms with E-state index in [1.165, 1.54) is 0 Å². The first kappa shape index (κ1) is 19.8. The van der Waals surface area contributed by atoms with Crippen LogP contribution in [0.5, 0.6) is 17.2 Å². The largest absolute Gasteiger partial charge is 0.497 e. The molecule has 8 nitrogen and oxygen atoms in total. The van der Waals surface area contributed by atoms with Gasteiger partial charge < -0.3 is 23.6 Å². The Balaban J connectivity index is 1.60. The van der Waals surface area contributed by atoms with E-state index in [1.807, 2.05) is 37.3 Å². The Labute approximate surface area is 174 Å². The smallest absolute Gasteiger partial charge is 0.265 e. The van der Waals surface area contributed by atoms with Crippen LogP contribution in [0.15, 0.2) is 40.9 Å². The summed E-state index contributed by atoms with van der Waals surface area (Å²) in [5.41, 5.74) is 2.42. The van der Waals surface area contributed by atoms with Crippen molar-refractivity contribution in [3.8, 4) is 28.6 Å². The molecule has 2 heterocycles. The van der Waals surface area contributed by atoms with Crippen LogP contribution in [0.2, 0.25) is 0 Å². The Morgan fingerprint density at radius 2 is 1.87 bits per heavy atom. The van der Waals surface area contributed by atoms with E-state index in [2.05, 4.69) is 10.1 Å². The van der Waals surface area contributed by atoms with Gasteiger partial charge in [-0.2, -0.15) is 4.98 Å². The molecule has 1 aliphatic heterocycles. The molecule has 30 heavy (non-hydrogen) atoms. The van der Waals surface area contributed by atoms with Crippen LogP contribution in [0, 0.1) is 0 Å². The molecule has 0 radical (unpaired) electrons. The minimum absolute atomic E-state index is 0.0535. The van der Waals surface area contributed by atoms with Crippen LogP contribution in [-0.4, -0.2) is 43.4 Å². The molecular formula is C22H23N3O5. The quantitative estimate of drug-likeness (QED) is 0.590. The zero-order valence-corrected chi connectivity index (χ0v) is 17.2. The summed E-state index contributed by atoms with van der Waals surface area (Å²) in [7, 11) is 3.21. The average Bonchev–Trinajstić information content (AvgIpc) is 3.23. The summed E-state index contributed by atoms with van der Waals surface area (Å²) < 4.78 is 21.6. The number of rotatable bonds is 7. The van der Waals surface area contributed by atoms with Gasteiger partial charge in [-0.25, -0.2) is 0 Å². The van der Waals surface area contributed by atoms with Crippen molar-refractivity contribution in [2.75, 3.05) is 32.3 Å². The van der Waals surface area contributed by atoms with Gasteiger partial charge in [-0.3, -0.25) is 4.79 Å². The summed E-state index contributed by atoms with van der Waals surface area (Å²) >= 11 is 0. The molecule has 0 N–H and O–H groups in total. The van der Waals surface area contributed by atoms with Crippen LogP contribution in [0.4, 0.5) is 5.69 Å². The Hall–Kier alpha value is -3.55. The van der Waals surface area contributed by atoms with Gasteiger partial charge in [-0.15, -0.1) is 0 Å². The lowest BCUT2D eigenvalue weighted by Crippen LogP contribution is -2.39. The molecule has 0 atom stereocenters. The number of fused-ring (bicyclic) bond motifs is 1. The highest BCUT2D eigenvalue weighted by molar-refractivity contribution is 5.98. The number of hydrogen-bond acceptors (Lipinski definition) is 7. The first-order valence-electron chi connectivity index (χ1n) is 9.73. The predicted molar refractivity (Wildman–Crippen MR) is 110 cm³/mol. The molecular weight excluding hydrogens is 386 g/mol. The molecule has 0 unspecified atom stereocenters. The lowest BCUT2D eigenvalue weighted by atomic mass is 10.1. The van der Waals surface area contributed by atoms with Gasteiger partial charge in [-0.1, -0.05) is 12.1 Å². The van der Waals surface area contributed by atoms with Crippen LogP contribution in [0.3, 0.4) is 0 Å². The summed E-state index contributed by atoms with van der Waals surface area (Å²) in [4.78, 5) is 18.5. The monoisotopic (exact) mass is 409 g/mol. The summed E-state index contributed by atoms with van der Waals surface area (Å²) in [6, 6.07) is 11.2. The van der Waals surface area contributed by atoms with E-state index < -0.39 is 0 Å². The minimum Gasteiger partial charge on any atom is -0.497 e. The number of ether oxygens (including phenoxy) is 3. The molecule has 2 aromatic carbocycles. The van der Waals surface area contributed by atoms with Crippen LogP contribution in [0.1, 0.15) is 24.8 Å². The third-order valence-corrected chi connectivity index (χ3v) is 4.84. The van der Waals surface area contributed by atoms with Crippen molar-refractivity contribution >= 4 is 11.6 Å². The normalized spacial score (nSPS) is 13.0. The molecule has 4 rings (SSSR count). The Morgan fingerprint density at radius 1 is 1.10 bits per heavy atom. The second-order valence-electron chi connectivity index (χ2n) is 6.93. The first-order valence-corrected chi connectivity index (χ1v) is 9.73. The van der Waals surface area contributed by atoms with Gasteiger partial charge >= 0.3 is 0 Å². The maximum absolute atomic E-state index is 12.2. The number of aromatic nitrogens is 2. The third-order valence-electron chi connectivity index (χ3n) is 4.84. The molecule has 156 valence electrons. The molecule has 0 aliphatic carbocycles. The van der Waals surface area contributed by atoms with Crippen molar-refractivity contribution in [2.24, 2.45) is 0 Å². The van der Waals surface area contributed by atoms with Gasteiger partial charge in [0, 0.05) is 18.2 Å². The highest BCUT2D eigenvalue weighted by Crippen LogP contribution is 2.35. The number of carbonyl (C=O) groups is 1. The molecule has 0 saturated carbocycles. The predicted octanol–water partition coefficient (Wildman–Crippen LogP) is 3.48. The maximum atomic E-state index is 12.2. The van der Waals surface area contributed by atoms with E-state index in [0.717, 1.165) is 23.2 Å².